The quantitative estimate of drug-likeness (QED) is 0.253. The van der Waals surface area contributed by atoms with Crippen LogP contribution in [0.4, 0.5) is 0 Å². The van der Waals surface area contributed by atoms with Crippen LogP contribution in [0.2, 0.25) is 65.0 Å². The monoisotopic (exact) mass is 495 g/mol. The summed E-state index contributed by atoms with van der Waals surface area (Å²) in [5, 5.41) is 3.09. The molecular weight excluding hydrogens is 445 g/mol. The van der Waals surface area contributed by atoms with Crippen molar-refractivity contribution in [3.05, 3.63) is 0 Å². The van der Waals surface area contributed by atoms with Gasteiger partial charge in [0.05, 0.1) is 20.6 Å². The van der Waals surface area contributed by atoms with E-state index in [1.54, 1.807) is 0 Å². The summed E-state index contributed by atoms with van der Waals surface area (Å²) in [4.78, 5) is 13.6. The van der Waals surface area contributed by atoms with Crippen molar-refractivity contribution >= 4 is 39.7 Å². The number of hydrogen-bond acceptors (Lipinski definition) is 4. The van der Waals surface area contributed by atoms with Crippen LogP contribution >= 0.6 is 0 Å². The molecule has 0 aliphatic carbocycles. The van der Waals surface area contributed by atoms with E-state index in [-0.39, 0.29) is 5.91 Å². The molecule has 0 spiro atoms. The van der Waals surface area contributed by atoms with Gasteiger partial charge in [-0.25, -0.2) is 0 Å². The second-order valence-corrected chi connectivity index (χ2v) is 28.5. The fourth-order valence-electron chi connectivity index (χ4n) is 3.18. The van der Waals surface area contributed by atoms with Crippen LogP contribution in [-0.4, -0.2) is 66.8 Å². The first-order chi connectivity index (χ1) is 13.4. The number of quaternary nitrogens is 1. The van der Waals surface area contributed by atoms with E-state index in [9.17, 15) is 4.79 Å². The molecule has 0 atom stereocenters. The average Bonchev–Trinajstić information content (AvgIpc) is 2.45. The van der Waals surface area contributed by atoms with Crippen molar-refractivity contribution in [2.45, 2.75) is 97.1 Å². The Morgan fingerprint density at radius 3 is 1.60 bits per heavy atom. The molecule has 0 aromatic carbocycles. The number of hydrogen-bond donors (Lipinski definition) is 2. The van der Waals surface area contributed by atoms with Crippen LogP contribution in [0.3, 0.4) is 0 Å². The molecule has 6 nitrogen and oxygen atoms in total. The molecule has 0 aliphatic heterocycles. The lowest BCUT2D eigenvalue weighted by atomic mass is 10.2. The van der Waals surface area contributed by atoms with Crippen LogP contribution in [0.1, 0.15) is 32.1 Å². The van der Waals surface area contributed by atoms with Gasteiger partial charge in [-0.1, -0.05) is 0 Å². The van der Waals surface area contributed by atoms with Gasteiger partial charge in [0.2, 0.25) is 5.91 Å². The molecule has 0 unspecified atom stereocenters. The predicted molar refractivity (Wildman–Crippen MR) is 138 cm³/mol. The summed E-state index contributed by atoms with van der Waals surface area (Å²) in [5.41, 5.74) is 0. The molecule has 0 heterocycles. The maximum Gasteiger partial charge on any atom is 0.469 e. The van der Waals surface area contributed by atoms with Crippen molar-refractivity contribution in [3.8, 4) is 0 Å². The summed E-state index contributed by atoms with van der Waals surface area (Å²) in [6, 6.07) is 0.775. The van der Waals surface area contributed by atoms with Gasteiger partial charge in [-0.15, -0.1) is 0 Å². The summed E-state index contributed by atoms with van der Waals surface area (Å²) in [6.07, 6.45) is 4.72. The van der Waals surface area contributed by atoms with Crippen molar-refractivity contribution in [1.82, 2.24) is 5.32 Å². The molecule has 0 aromatic heterocycles. The largest absolute Gasteiger partial charge is 0.469 e. The zero-order valence-electron chi connectivity index (χ0n) is 21.8. The molecule has 0 saturated heterocycles. The minimum Gasteiger partial charge on any atom is -0.417 e. The molecule has 0 radical (unpaired) electrons. The summed E-state index contributed by atoms with van der Waals surface area (Å²) < 4.78 is 20.1. The summed E-state index contributed by atoms with van der Waals surface area (Å²) >= 11 is 0. The van der Waals surface area contributed by atoms with Crippen molar-refractivity contribution in [2.24, 2.45) is 0 Å². The SMILES string of the molecule is C[NH+](C)CCCCCC(=O)NCCC[Si](O[Si](C)(C)C)(O[Si](C)(C)C)O[Si](C)(C)C. The first-order valence-corrected chi connectivity index (χ1v) is 23.7. The summed E-state index contributed by atoms with van der Waals surface area (Å²) in [5.74, 6) is 0.155. The van der Waals surface area contributed by atoms with Gasteiger partial charge in [0.25, 0.3) is 0 Å². The van der Waals surface area contributed by atoms with Gasteiger partial charge in [-0.05, 0) is 84.6 Å². The highest BCUT2D eigenvalue weighted by Gasteiger charge is 2.49. The van der Waals surface area contributed by atoms with Crippen LogP contribution < -0.4 is 10.2 Å². The Bertz CT molecular complexity index is 460. The molecule has 1 amide bonds. The smallest absolute Gasteiger partial charge is 0.417 e. The number of carbonyl (C=O) groups excluding carboxylic acids is 1. The molecule has 0 rings (SSSR count). The number of rotatable bonds is 16. The van der Waals surface area contributed by atoms with E-state index in [0.29, 0.717) is 13.0 Å². The van der Waals surface area contributed by atoms with Gasteiger partial charge in [-0.2, -0.15) is 0 Å². The fourth-order valence-corrected chi connectivity index (χ4v) is 17.8. The highest BCUT2D eigenvalue weighted by Crippen LogP contribution is 2.29. The highest BCUT2D eigenvalue weighted by atomic mass is 28.5. The van der Waals surface area contributed by atoms with E-state index < -0.39 is 33.8 Å². The van der Waals surface area contributed by atoms with E-state index in [2.05, 4.69) is 78.3 Å². The Kier molecular flexibility index (Phi) is 13.1. The molecule has 0 bridgehead atoms. The van der Waals surface area contributed by atoms with E-state index in [1.807, 2.05) is 0 Å². The lowest BCUT2D eigenvalue weighted by molar-refractivity contribution is -0.858. The third-order valence-electron chi connectivity index (χ3n) is 3.95. The minimum atomic E-state index is -2.79. The van der Waals surface area contributed by atoms with Crippen LogP contribution in [0, 0.1) is 0 Å². The van der Waals surface area contributed by atoms with Crippen molar-refractivity contribution < 1.29 is 22.0 Å². The van der Waals surface area contributed by atoms with Gasteiger partial charge in [-0.3, -0.25) is 4.79 Å². The third-order valence-corrected chi connectivity index (χ3v) is 16.0. The molecule has 0 saturated carbocycles. The molecular formula is C20H51N2O4Si4+. The Balaban J connectivity index is 4.78. The maximum atomic E-state index is 12.2. The maximum absolute atomic E-state index is 12.2. The second kappa shape index (κ2) is 13.0. The summed E-state index contributed by atoms with van der Waals surface area (Å²) in [7, 11) is -3.98. The van der Waals surface area contributed by atoms with Gasteiger partial charge < -0.3 is 22.6 Å². The molecule has 2 N–H and O–H groups in total. The Hall–Kier alpha value is 0.178. The first-order valence-electron chi connectivity index (χ1n) is 11.6. The van der Waals surface area contributed by atoms with Gasteiger partial charge in [0, 0.05) is 19.0 Å². The van der Waals surface area contributed by atoms with Crippen molar-refractivity contribution in [3.63, 3.8) is 0 Å². The molecule has 0 fully saturated rings. The predicted octanol–water partition coefficient (Wildman–Crippen LogP) is 3.69. The molecule has 180 valence electrons. The van der Waals surface area contributed by atoms with Crippen LogP contribution in [-0.2, 0) is 17.1 Å². The Morgan fingerprint density at radius 2 is 1.20 bits per heavy atom. The number of nitrogens with one attached hydrogen (secondary N) is 2. The van der Waals surface area contributed by atoms with Crippen molar-refractivity contribution in [2.75, 3.05) is 27.2 Å². The van der Waals surface area contributed by atoms with E-state index in [1.165, 1.54) is 17.9 Å². The zero-order chi connectivity index (χ0) is 23.6. The Morgan fingerprint density at radius 1 is 0.733 bits per heavy atom. The molecule has 0 aliphatic rings. The third kappa shape index (κ3) is 17.8. The number of carbonyl (C=O) groups is 1. The standard InChI is InChI=1S/C20H50N2O4Si4/c1-22(2)18-14-12-13-16-20(23)21-17-15-19-30(24-27(3,4)5,25-28(6,7)8)26-29(9,10)11/h12-19H2,1-11H3,(H,21,23)/p+1. The van der Waals surface area contributed by atoms with Gasteiger partial charge in [0.15, 0.2) is 25.0 Å². The first kappa shape index (κ1) is 30.2. The lowest BCUT2D eigenvalue weighted by Crippen LogP contribution is -3.05. The average molecular weight is 496 g/mol. The fraction of sp³-hybridized carbons (Fsp3) is 0.950. The second-order valence-electron chi connectivity index (χ2n) is 11.5. The van der Waals surface area contributed by atoms with E-state index in [0.717, 1.165) is 25.3 Å². The lowest BCUT2D eigenvalue weighted by Gasteiger charge is -2.43. The van der Waals surface area contributed by atoms with Crippen LogP contribution in [0.25, 0.3) is 0 Å². The number of amides is 1. The molecule has 0 aromatic rings. The topological polar surface area (TPSA) is 61.2 Å². The molecule has 30 heavy (non-hydrogen) atoms. The van der Waals surface area contributed by atoms with Crippen LogP contribution in [0.15, 0.2) is 0 Å². The van der Waals surface area contributed by atoms with Crippen LogP contribution in [0.5, 0.6) is 0 Å². The minimum absolute atomic E-state index is 0.155. The van der Waals surface area contributed by atoms with E-state index in [4.69, 9.17) is 12.3 Å². The molecule has 10 heteroatoms. The van der Waals surface area contributed by atoms with Gasteiger partial charge in [0.1, 0.15) is 0 Å². The van der Waals surface area contributed by atoms with E-state index >= 15 is 0 Å². The highest BCUT2D eigenvalue weighted by molar-refractivity contribution is 6.90. The van der Waals surface area contributed by atoms with Crippen molar-refractivity contribution in [1.29, 1.82) is 0 Å². The summed E-state index contributed by atoms with van der Waals surface area (Å²) in [6.45, 7) is 21.7. The Labute approximate surface area is 191 Å². The number of unbranched alkanes of at least 4 members (excludes halogenated alkanes) is 2. The van der Waals surface area contributed by atoms with Gasteiger partial charge >= 0.3 is 8.80 Å². The normalized spacial score (nSPS) is 13.7. The zero-order valence-corrected chi connectivity index (χ0v) is 25.8.